The average Bonchev–Trinajstić information content (AvgIpc) is 3.15. The molecule has 1 fully saturated rings. The number of hydrogen-bond donors (Lipinski definition) is 1. The zero-order valence-corrected chi connectivity index (χ0v) is 18.1. The number of nitrogens with zero attached hydrogens (tertiary/aromatic N) is 4. The molecule has 1 saturated heterocycles. The van der Waals surface area contributed by atoms with E-state index >= 15 is 0 Å². The van der Waals surface area contributed by atoms with Gasteiger partial charge in [-0.15, -0.1) is 0 Å². The number of benzene rings is 1. The van der Waals surface area contributed by atoms with Gasteiger partial charge >= 0.3 is 12.1 Å². The Kier molecular flexibility index (Phi) is 5.60. The molecule has 32 heavy (non-hydrogen) atoms. The topological polar surface area (TPSA) is 70.7 Å². The molecule has 6 nitrogen and oxygen atoms in total. The first kappa shape index (κ1) is 22.1. The van der Waals surface area contributed by atoms with E-state index in [1.165, 1.54) is 12.1 Å². The predicted octanol–water partition coefficient (Wildman–Crippen LogP) is 5.15. The summed E-state index contributed by atoms with van der Waals surface area (Å²) in [4.78, 5) is 18.4. The normalized spacial score (nSPS) is 17.3. The zero-order chi connectivity index (χ0) is 23.2. The molecule has 170 valence electrons. The van der Waals surface area contributed by atoms with Crippen molar-refractivity contribution in [1.82, 2.24) is 14.6 Å². The van der Waals surface area contributed by atoms with Crippen molar-refractivity contribution in [3.05, 3.63) is 47.2 Å². The van der Waals surface area contributed by atoms with Crippen LogP contribution in [0.3, 0.4) is 0 Å². The molecular weight excluding hydrogens is 421 g/mol. The molecule has 0 amide bonds. The van der Waals surface area contributed by atoms with E-state index in [4.69, 9.17) is 0 Å². The monoisotopic (exact) mass is 446 g/mol. The van der Waals surface area contributed by atoms with E-state index < -0.39 is 23.6 Å². The van der Waals surface area contributed by atoms with Gasteiger partial charge in [-0.05, 0) is 37.8 Å². The van der Waals surface area contributed by atoms with Crippen molar-refractivity contribution in [3.63, 3.8) is 0 Å². The molecule has 2 aromatic heterocycles. The van der Waals surface area contributed by atoms with Crippen molar-refractivity contribution >= 4 is 17.4 Å². The maximum atomic E-state index is 12.9. The van der Waals surface area contributed by atoms with E-state index in [2.05, 4.69) is 28.8 Å². The van der Waals surface area contributed by atoms with Gasteiger partial charge in [-0.2, -0.15) is 22.8 Å². The molecule has 0 saturated carbocycles. The number of hydrogen-bond acceptors (Lipinski definition) is 4. The second kappa shape index (κ2) is 8.11. The number of piperidine rings is 1. The molecule has 0 radical (unpaired) electrons. The van der Waals surface area contributed by atoms with Crippen LogP contribution in [-0.2, 0) is 11.0 Å². The number of carboxylic acid groups (broad SMARTS) is 1. The van der Waals surface area contributed by atoms with Crippen molar-refractivity contribution in [2.45, 2.75) is 45.7 Å². The fourth-order valence-electron chi connectivity index (χ4n) is 4.44. The maximum Gasteiger partial charge on any atom is 0.416 e. The summed E-state index contributed by atoms with van der Waals surface area (Å²) in [6.45, 7) is 7.11. The maximum absolute atomic E-state index is 12.9. The van der Waals surface area contributed by atoms with Gasteiger partial charge in [0.25, 0.3) is 0 Å². The number of aryl methyl sites for hydroxylation is 1. The van der Waals surface area contributed by atoms with Crippen LogP contribution in [0, 0.1) is 12.8 Å². The minimum Gasteiger partial charge on any atom is -0.481 e. The Bertz CT molecular complexity index is 1150. The SMILES string of the molecule is Cc1nc2cc(-c3ccc(C(F)(F)F)cc3)nn2c(N2CCCC(C(=O)O)C2)c1C(C)C. The first-order valence-electron chi connectivity index (χ1n) is 10.6. The van der Waals surface area contributed by atoms with Crippen LogP contribution in [0.5, 0.6) is 0 Å². The number of carbonyl (C=O) groups is 1. The van der Waals surface area contributed by atoms with Crippen LogP contribution in [0.15, 0.2) is 30.3 Å². The highest BCUT2D eigenvalue weighted by atomic mass is 19.4. The lowest BCUT2D eigenvalue weighted by molar-refractivity contribution is -0.142. The highest BCUT2D eigenvalue weighted by Gasteiger charge is 2.31. The summed E-state index contributed by atoms with van der Waals surface area (Å²) >= 11 is 0. The molecule has 0 spiro atoms. The van der Waals surface area contributed by atoms with Crippen LogP contribution < -0.4 is 4.90 Å². The number of fused-ring (bicyclic) bond motifs is 1. The van der Waals surface area contributed by atoms with Gasteiger partial charge in [-0.25, -0.2) is 4.98 Å². The lowest BCUT2D eigenvalue weighted by Crippen LogP contribution is -2.40. The lowest BCUT2D eigenvalue weighted by Gasteiger charge is -2.34. The second-order valence-electron chi connectivity index (χ2n) is 8.59. The quantitative estimate of drug-likeness (QED) is 0.600. The second-order valence-corrected chi connectivity index (χ2v) is 8.59. The molecular formula is C23H25F3N4O2. The van der Waals surface area contributed by atoms with Gasteiger partial charge < -0.3 is 10.0 Å². The Balaban J connectivity index is 1.84. The number of aromatic nitrogens is 3. The van der Waals surface area contributed by atoms with E-state index in [1.54, 1.807) is 10.6 Å². The Labute approximate surface area is 183 Å². The van der Waals surface area contributed by atoms with Gasteiger partial charge in [0.05, 0.1) is 17.2 Å². The van der Waals surface area contributed by atoms with Gasteiger partial charge in [-0.3, -0.25) is 4.79 Å². The third-order valence-corrected chi connectivity index (χ3v) is 5.96. The minimum atomic E-state index is -4.40. The number of alkyl halides is 3. The largest absolute Gasteiger partial charge is 0.481 e. The Morgan fingerprint density at radius 3 is 2.50 bits per heavy atom. The van der Waals surface area contributed by atoms with E-state index in [9.17, 15) is 23.1 Å². The summed E-state index contributed by atoms with van der Waals surface area (Å²) in [5, 5.41) is 14.2. The zero-order valence-electron chi connectivity index (χ0n) is 18.1. The summed E-state index contributed by atoms with van der Waals surface area (Å²) in [5.74, 6) is -0.330. The smallest absolute Gasteiger partial charge is 0.416 e. The van der Waals surface area contributed by atoms with E-state index in [0.717, 1.165) is 35.6 Å². The van der Waals surface area contributed by atoms with Crippen molar-refractivity contribution in [3.8, 4) is 11.3 Å². The third-order valence-electron chi connectivity index (χ3n) is 5.96. The highest BCUT2D eigenvalue weighted by Crippen LogP contribution is 2.35. The average molecular weight is 446 g/mol. The van der Waals surface area contributed by atoms with Crippen molar-refractivity contribution in [1.29, 1.82) is 0 Å². The third kappa shape index (κ3) is 4.03. The van der Waals surface area contributed by atoms with E-state index in [0.29, 0.717) is 36.4 Å². The highest BCUT2D eigenvalue weighted by molar-refractivity contribution is 5.72. The molecule has 1 aliphatic rings. The molecule has 1 atom stereocenters. The minimum absolute atomic E-state index is 0.130. The molecule has 0 bridgehead atoms. The molecule has 1 aliphatic heterocycles. The first-order chi connectivity index (χ1) is 15.1. The molecule has 1 N–H and O–H groups in total. The summed E-state index contributed by atoms with van der Waals surface area (Å²) < 4.78 is 40.5. The predicted molar refractivity (Wildman–Crippen MR) is 115 cm³/mol. The van der Waals surface area contributed by atoms with Crippen molar-refractivity contribution in [2.24, 2.45) is 5.92 Å². The van der Waals surface area contributed by atoms with Crippen LogP contribution in [-0.4, -0.2) is 38.8 Å². The number of rotatable bonds is 4. The van der Waals surface area contributed by atoms with Crippen LogP contribution in [0.2, 0.25) is 0 Å². The summed E-state index contributed by atoms with van der Waals surface area (Å²) in [5.41, 5.74) is 2.76. The lowest BCUT2D eigenvalue weighted by atomic mass is 9.96. The number of anilines is 1. The number of aliphatic carboxylic acids is 1. The van der Waals surface area contributed by atoms with Crippen LogP contribution >= 0.6 is 0 Å². The van der Waals surface area contributed by atoms with Gasteiger partial charge in [0.2, 0.25) is 0 Å². The van der Waals surface area contributed by atoms with E-state index in [1.807, 2.05) is 6.92 Å². The van der Waals surface area contributed by atoms with Gasteiger partial charge in [-0.1, -0.05) is 26.0 Å². The van der Waals surface area contributed by atoms with E-state index in [-0.39, 0.29) is 5.92 Å². The molecule has 3 heterocycles. The van der Waals surface area contributed by atoms with Gasteiger partial charge in [0, 0.05) is 36.0 Å². The van der Waals surface area contributed by atoms with Gasteiger partial charge in [0.15, 0.2) is 5.65 Å². The molecule has 3 aromatic rings. The van der Waals surface area contributed by atoms with Crippen LogP contribution in [0.25, 0.3) is 16.9 Å². The fraction of sp³-hybridized carbons (Fsp3) is 0.435. The summed E-state index contributed by atoms with van der Waals surface area (Å²) in [7, 11) is 0. The Morgan fingerprint density at radius 1 is 1.22 bits per heavy atom. The summed E-state index contributed by atoms with van der Waals surface area (Å²) in [6, 6.07) is 6.65. The first-order valence-corrected chi connectivity index (χ1v) is 10.6. The van der Waals surface area contributed by atoms with Crippen LogP contribution in [0.1, 0.15) is 49.4 Å². The number of halogens is 3. The van der Waals surface area contributed by atoms with Gasteiger partial charge in [0.1, 0.15) is 5.82 Å². The number of carboxylic acids is 1. The molecule has 1 aromatic carbocycles. The molecule has 4 rings (SSSR count). The van der Waals surface area contributed by atoms with Crippen molar-refractivity contribution in [2.75, 3.05) is 18.0 Å². The standard InChI is InChI=1S/C23H25F3N4O2/c1-13(2)20-14(3)27-19-11-18(15-6-8-17(9-7-15)23(24,25)26)28-30(19)21(20)29-10-4-5-16(12-29)22(31)32/h6-9,11,13,16H,4-5,10,12H2,1-3H3,(H,31,32). The molecule has 0 aliphatic carbocycles. The Morgan fingerprint density at radius 2 is 1.91 bits per heavy atom. The van der Waals surface area contributed by atoms with Crippen molar-refractivity contribution < 1.29 is 23.1 Å². The van der Waals surface area contributed by atoms with Crippen LogP contribution in [0.4, 0.5) is 19.0 Å². The molecule has 9 heteroatoms. The molecule has 1 unspecified atom stereocenters. The fourth-order valence-corrected chi connectivity index (χ4v) is 4.44. The summed E-state index contributed by atoms with van der Waals surface area (Å²) in [6.07, 6.45) is -3.01. The Hall–Kier alpha value is -3.10.